The minimum Gasteiger partial charge on any atom is -0.748 e. The van der Waals surface area contributed by atoms with Gasteiger partial charge >= 0.3 is 0 Å². The second-order valence-electron chi connectivity index (χ2n) is 9.57. The van der Waals surface area contributed by atoms with Crippen LogP contribution < -0.4 is 0 Å². The number of likely N-dealkylation sites (tertiary alicyclic amines) is 1. The first kappa shape index (κ1) is 29.5. The molecule has 16 heteroatoms. The minimum atomic E-state index is -4.53. The normalized spacial score (nSPS) is 18.6. The highest BCUT2D eigenvalue weighted by Crippen LogP contribution is 2.38. The van der Waals surface area contributed by atoms with Crippen LogP contribution in [0.4, 0.5) is 17.6 Å². The van der Waals surface area contributed by atoms with Gasteiger partial charge < -0.3 is 14.3 Å². The first-order valence-electron chi connectivity index (χ1n) is 12.5. The number of piperidine rings is 1. The van der Waals surface area contributed by atoms with Crippen LogP contribution in [-0.4, -0.2) is 51.4 Å². The van der Waals surface area contributed by atoms with E-state index >= 15 is 0 Å². The van der Waals surface area contributed by atoms with Gasteiger partial charge in [0.05, 0.1) is 26.6 Å². The molecule has 3 aromatic rings. The molecular weight excluding hydrogens is 610 g/mol. The third-order valence-corrected chi connectivity index (χ3v) is 8.81. The van der Waals surface area contributed by atoms with Crippen molar-refractivity contribution >= 4 is 45.0 Å². The zero-order valence-corrected chi connectivity index (χ0v) is 23.6. The summed E-state index contributed by atoms with van der Waals surface area (Å²) in [6.07, 6.45) is -1.93. The van der Waals surface area contributed by atoms with Crippen LogP contribution in [0.25, 0.3) is 6.20 Å². The average molecular weight is 633 g/mol. The third-order valence-electron chi connectivity index (χ3n) is 6.81. The van der Waals surface area contributed by atoms with Crippen molar-refractivity contribution in [3.05, 3.63) is 74.1 Å². The monoisotopic (exact) mass is 632 g/mol. The Labute approximate surface area is 241 Å². The van der Waals surface area contributed by atoms with Gasteiger partial charge in [-0.05, 0) is 30.5 Å². The number of halogens is 5. The number of hydrogen-bond donors (Lipinski definition) is 0. The van der Waals surface area contributed by atoms with E-state index in [9.17, 15) is 30.5 Å². The Balaban J connectivity index is 1.20. The fourth-order valence-corrected chi connectivity index (χ4v) is 6.77. The quantitative estimate of drug-likeness (QED) is 0.207. The molecule has 9 nitrogen and oxygen atoms in total. The predicted octanol–water partition coefficient (Wildman–Crippen LogP) is 6.09. The Morgan fingerprint density at radius 1 is 1.17 bits per heavy atom. The highest BCUT2D eigenvalue weighted by Gasteiger charge is 2.30. The molecule has 0 spiro atoms. The van der Waals surface area contributed by atoms with Gasteiger partial charge in [-0.2, -0.15) is 5.10 Å². The number of rotatable bonds is 9. The summed E-state index contributed by atoms with van der Waals surface area (Å²) in [5.41, 5.74) is 0.586. The van der Waals surface area contributed by atoms with E-state index in [1.807, 2.05) is 10.3 Å². The Morgan fingerprint density at radius 3 is 2.61 bits per heavy atom. The number of alkyl halides is 4. The number of oxime groups is 1. The fourth-order valence-electron chi connectivity index (χ4n) is 4.82. The summed E-state index contributed by atoms with van der Waals surface area (Å²) in [6, 6.07) is 5.39. The van der Waals surface area contributed by atoms with Gasteiger partial charge in [0, 0.05) is 53.8 Å². The lowest BCUT2D eigenvalue weighted by molar-refractivity contribution is 0.0853. The highest BCUT2D eigenvalue weighted by atomic mass is 35.5. The number of aromatic nitrogens is 3. The molecule has 2 aliphatic heterocycles. The Hall–Kier alpha value is -3.01. The summed E-state index contributed by atoms with van der Waals surface area (Å²) in [6.45, 7) is 1.21. The Morgan fingerprint density at radius 2 is 1.93 bits per heavy atom. The minimum absolute atomic E-state index is 0.154. The van der Waals surface area contributed by atoms with E-state index in [2.05, 4.69) is 10.3 Å². The lowest BCUT2D eigenvalue weighted by Gasteiger charge is -2.30. The standard InChI is InChI=1S/C25H24ClF4N5O4S2/c26-16-3-1-2-15(13-41(36,37)38)22(16)21-11-17(33-39-21)19-12-40-25(31-19)14-4-6-34(7-5-14)8-9-35-20(24(29)30)10-18(32-35)23(27)28/h1-3,8-10,12,14,21,23-24H,4-7,11,13H2,(H,36,37,38)/p-1. The molecule has 41 heavy (non-hydrogen) atoms. The fraction of sp³-hybridized carbons (Fsp3) is 0.400. The van der Waals surface area contributed by atoms with E-state index in [1.165, 1.54) is 23.6 Å². The molecule has 1 fully saturated rings. The smallest absolute Gasteiger partial charge is 0.282 e. The topological polar surface area (TPSA) is 113 Å². The van der Waals surface area contributed by atoms with Crippen LogP contribution >= 0.6 is 22.9 Å². The molecule has 5 rings (SSSR count). The summed E-state index contributed by atoms with van der Waals surface area (Å²) < 4.78 is 87.1. The van der Waals surface area contributed by atoms with E-state index in [0.717, 1.165) is 22.5 Å². The van der Waals surface area contributed by atoms with Crippen LogP contribution in [0.1, 0.15) is 77.4 Å². The summed E-state index contributed by atoms with van der Waals surface area (Å²) in [5, 5.41) is 10.8. The van der Waals surface area contributed by atoms with E-state index in [0.29, 0.717) is 42.5 Å². The van der Waals surface area contributed by atoms with E-state index in [4.69, 9.17) is 21.4 Å². The molecule has 0 aliphatic carbocycles. The molecule has 1 unspecified atom stereocenters. The van der Waals surface area contributed by atoms with Gasteiger partial charge in [-0.1, -0.05) is 28.9 Å². The first-order valence-corrected chi connectivity index (χ1v) is 15.3. The molecule has 2 aliphatic rings. The SMILES string of the molecule is O=S(=O)([O-])Cc1cccc(Cl)c1C1CC(c2csc(C3CCN(C=Cn4nc(C(F)F)cc4C(F)F)CC3)n2)=NO1. The van der Waals surface area contributed by atoms with E-state index in [1.54, 1.807) is 18.3 Å². The lowest BCUT2D eigenvalue weighted by atomic mass is 9.97. The molecule has 1 saturated heterocycles. The maximum atomic E-state index is 13.2. The largest absolute Gasteiger partial charge is 0.748 e. The summed E-state index contributed by atoms with van der Waals surface area (Å²) >= 11 is 7.80. The van der Waals surface area contributed by atoms with Crippen molar-refractivity contribution in [2.24, 2.45) is 5.16 Å². The van der Waals surface area contributed by atoms with Gasteiger partial charge in [-0.25, -0.2) is 35.6 Å². The van der Waals surface area contributed by atoms with Gasteiger partial charge in [0.15, 0.2) is 6.10 Å². The van der Waals surface area contributed by atoms with Crippen molar-refractivity contribution in [1.29, 1.82) is 0 Å². The highest BCUT2D eigenvalue weighted by molar-refractivity contribution is 7.84. The number of hydrogen-bond acceptors (Lipinski definition) is 9. The molecule has 0 radical (unpaired) electrons. The number of thiazole rings is 1. The molecule has 2 aromatic heterocycles. The van der Waals surface area contributed by atoms with Crippen molar-refractivity contribution in [3.63, 3.8) is 0 Å². The second kappa shape index (κ2) is 12.1. The molecule has 1 atom stereocenters. The zero-order chi connectivity index (χ0) is 29.3. The Bertz CT molecular complexity index is 1570. The second-order valence-corrected chi connectivity index (χ2v) is 12.3. The lowest BCUT2D eigenvalue weighted by Crippen LogP contribution is -2.28. The van der Waals surface area contributed by atoms with Gasteiger partial charge in [0.1, 0.15) is 17.1 Å². The van der Waals surface area contributed by atoms with Crippen LogP contribution in [0.2, 0.25) is 5.02 Å². The molecule has 1 aromatic carbocycles. The summed E-state index contributed by atoms with van der Waals surface area (Å²) in [4.78, 5) is 12.2. The van der Waals surface area contributed by atoms with Crippen molar-refractivity contribution in [3.8, 4) is 0 Å². The first-order chi connectivity index (χ1) is 19.5. The van der Waals surface area contributed by atoms with Crippen LogP contribution in [0.3, 0.4) is 0 Å². The van der Waals surface area contributed by atoms with Crippen molar-refractivity contribution < 1.29 is 35.4 Å². The van der Waals surface area contributed by atoms with Gasteiger partial charge in [-0.15, -0.1) is 11.3 Å². The van der Waals surface area contributed by atoms with Gasteiger partial charge in [0.2, 0.25) is 0 Å². The maximum Gasteiger partial charge on any atom is 0.282 e. The Kier molecular flexibility index (Phi) is 8.68. The predicted molar refractivity (Wildman–Crippen MR) is 143 cm³/mol. The van der Waals surface area contributed by atoms with Gasteiger partial charge in [0.25, 0.3) is 12.9 Å². The molecule has 0 N–H and O–H groups in total. The van der Waals surface area contributed by atoms with Crippen molar-refractivity contribution in [2.45, 2.75) is 49.9 Å². The average Bonchev–Trinajstić information content (AvgIpc) is 3.66. The molecule has 0 saturated carbocycles. The number of benzene rings is 1. The van der Waals surface area contributed by atoms with Crippen LogP contribution in [0.15, 0.2) is 41.0 Å². The summed E-state index contributed by atoms with van der Waals surface area (Å²) in [5.74, 6) is -0.555. The van der Waals surface area contributed by atoms with Crippen LogP contribution in [0, 0.1) is 0 Å². The van der Waals surface area contributed by atoms with E-state index < -0.39 is 46.2 Å². The van der Waals surface area contributed by atoms with Crippen LogP contribution in [0.5, 0.6) is 0 Å². The van der Waals surface area contributed by atoms with E-state index in [-0.39, 0.29) is 16.5 Å². The third kappa shape index (κ3) is 6.90. The maximum absolute atomic E-state index is 13.2. The van der Waals surface area contributed by atoms with Crippen molar-refractivity contribution in [2.75, 3.05) is 13.1 Å². The zero-order valence-electron chi connectivity index (χ0n) is 21.2. The van der Waals surface area contributed by atoms with Gasteiger partial charge in [-0.3, -0.25) is 0 Å². The molecule has 220 valence electrons. The number of nitrogens with zero attached hydrogens (tertiary/aromatic N) is 5. The molecule has 0 amide bonds. The van der Waals surface area contributed by atoms with Crippen molar-refractivity contribution in [1.82, 2.24) is 19.7 Å². The summed E-state index contributed by atoms with van der Waals surface area (Å²) in [7, 11) is -4.53. The molecule has 0 bridgehead atoms. The molecular formula is C25H23ClF4N5O4S2-. The molecule has 4 heterocycles. The van der Waals surface area contributed by atoms with Crippen LogP contribution in [-0.2, 0) is 20.7 Å².